The number of nitrogens with zero attached hydrogens (tertiary/aromatic N) is 2. The fourth-order valence-corrected chi connectivity index (χ4v) is 2.22. The van der Waals surface area contributed by atoms with Crippen molar-refractivity contribution in [2.75, 3.05) is 5.32 Å². The number of alkyl halides is 2. The molecule has 0 amide bonds. The molecule has 22 heavy (non-hydrogen) atoms. The van der Waals surface area contributed by atoms with Crippen LogP contribution >= 0.6 is 0 Å². The summed E-state index contributed by atoms with van der Waals surface area (Å²) >= 11 is 0. The molecule has 1 N–H and O–H groups in total. The molecule has 0 atom stereocenters. The van der Waals surface area contributed by atoms with Crippen LogP contribution in [0.2, 0.25) is 0 Å². The molecular formula is C17H15F2N3. The maximum atomic E-state index is 12.5. The smallest absolute Gasteiger partial charge is 0.278 e. The number of halogens is 2. The van der Waals surface area contributed by atoms with Crippen LogP contribution in [0.5, 0.6) is 0 Å². The van der Waals surface area contributed by atoms with Gasteiger partial charge >= 0.3 is 0 Å². The van der Waals surface area contributed by atoms with E-state index in [2.05, 4.69) is 15.5 Å². The molecule has 0 saturated heterocycles. The van der Waals surface area contributed by atoms with E-state index in [9.17, 15) is 8.78 Å². The highest BCUT2D eigenvalue weighted by molar-refractivity contribution is 6.15. The number of benzene rings is 2. The molecule has 0 spiro atoms. The van der Waals surface area contributed by atoms with Gasteiger partial charge in [-0.05, 0) is 23.3 Å². The minimum atomic E-state index is -2.53. The molecule has 2 aromatic rings. The van der Waals surface area contributed by atoms with Crippen LogP contribution in [0.4, 0.5) is 14.5 Å². The second kappa shape index (κ2) is 6.47. The van der Waals surface area contributed by atoms with E-state index >= 15 is 0 Å². The van der Waals surface area contributed by atoms with Gasteiger partial charge in [-0.15, -0.1) is 0 Å². The first kappa shape index (κ1) is 14.4. The predicted molar refractivity (Wildman–Crippen MR) is 84.8 cm³/mol. The van der Waals surface area contributed by atoms with E-state index in [0.29, 0.717) is 12.3 Å². The van der Waals surface area contributed by atoms with Crippen molar-refractivity contribution in [3.05, 3.63) is 65.7 Å². The molecule has 0 aromatic heterocycles. The van der Waals surface area contributed by atoms with Crippen LogP contribution in [0.1, 0.15) is 17.5 Å². The minimum Gasteiger partial charge on any atom is -0.381 e. The summed E-state index contributed by atoms with van der Waals surface area (Å²) in [5.74, 6) is 0. The molecular weight excluding hydrogens is 284 g/mol. The quantitative estimate of drug-likeness (QED) is 0.886. The third kappa shape index (κ3) is 3.36. The van der Waals surface area contributed by atoms with Crippen molar-refractivity contribution in [2.24, 2.45) is 10.2 Å². The molecule has 0 radical (unpaired) electrons. The Kier molecular flexibility index (Phi) is 4.23. The van der Waals surface area contributed by atoms with Crippen LogP contribution < -0.4 is 5.32 Å². The molecule has 1 aliphatic heterocycles. The van der Waals surface area contributed by atoms with Crippen molar-refractivity contribution in [1.82, 2.24) is 0 Å². The summed E-state index contributed by atoms with van der Waals surface area (Å²) in [7, 11) is 0. The molecule has 3 rings (SSSR count). The van der Waals surface area contributed by atoms with E-state index in [1.807, 2.05) is 54.6 Å². The van der Waals surface area contributed by atoms with E-state index in [1.54, 1.807) is 0 Å². The first-order chi connectivity index (χ1) is 10.7. The fraction of sp³-hybridized carbons (Fsp3) is 0.176. The molecule has 1 aliphatic rings. The Morgan fingerprint density at radius 2 is 1.68 bits per heavy atom. The SMILES string of the molecule is FC(F)C1=NN=C(c2ccc(CNc3ccccc3)cc2)C1. The number of rotatable bonds is 5. The third-order valence-electron chi connectivity index (χ3n) is 3.46. The van der Waals surface area contributed by atoms with Crippen LogP contribution in [-0.4, -0.2) is 17.8 Å². The van der Waals surface area contributed by atoms with E-state index in [0.717, 1.165) is 16.8 Å². The average molecular weight is 299 g/mol. The normalized spacial score (nSPS) is 14.0. The van der Waals surface area contributed by atoms with Crippen LogP contribution in [0.3, 0.4) is 0 Å². The number of para-hydroxylation sites is 1. The van der Waals surface area contributed by atoms with E-state index < -0.39 is 6.43 Å². The van der Waals surface area contributed by atoms with E-state index in [-0.39, 0.29) is 12.1 Å². The van der Waals surface area contributed by atoms with Gasteiger partial charge in [0.25, 0.3) is 6.43 Å². The van der Waals surface area contributed by atoms with Gasteiger partial charge in [-0.25, -0.2) is 8.78 Å². The Morgan fingerprint density at radius 3 is 2.32 bits per heavy atom. The third-order valence-corrected chi connectivity index (χ3v) is 3.46. The summed E-state index contributed by atoms with van der Waals surface area (Å²) in [4.78, 5) is 0. The van der Waals surface area contributed by atoms with Gasteiger partial charge in [0.15, 0.2) is 0 Å². The molecule has 112 valence electrons. The summed E-state index contributed by atoms with van der Waals surface area (Å²) in [5, 5.41) is 10.7. The summed E-state index contributed by atoms with van der Waals surface area (Å²) in [6.07, 6.45) is -2.41. The van der Waals surface area contributed by atoms with Crippen LogP contribution in [0.25, 0.3) is 0 Å². The summed E-state index contributed by atoms with van der Waals surface area (Å²) < 4.78 is 25.1. The first-order valence-corrected chi connectivity index (χ1v) is 7.02. The van der Waals surface area contributed by atoms with Gasteiger partial charge in [0, 0.05) is 18.7 Å². The van der Waals surface area contributed by atoms with Crippen molar-refractivity contribution < 1.29 is 8.78 Å². The van der Waals surface area contributed by atoms with Crippen LogP contribution in [0.15, 0.2) is 64.8 Å². The highest BCUT2D eigenvalue weighted by Crippen LogP contribution is 2.17. The zero-order valence-electron chi connectivity index (χ0n) is 11.8. The standard InChI is InChI=1S/C17H15F2N3/c18-17(19)16-10-15(21-22-16)13-8-6-12(7-9-13)11-20-14-4-2-1-3-5-14/h1-9,17,20H,10-11H2. The molecule has 0 fully saturated rings. The Hall–Kier alpha value is -2.56. The summed E-state index contributed by atoms with van der Waals surface area (Å²) in [6.45, 7) is 0.704. The molecule has 0 saturated carbocycles. The van der Waals surface area contributed by atoms with Crippen LogP contribution in [-0.2, 0) is 6.54 Å². The Morgan fingerprint density at radius 1 is 0.955 bits per heavy atom. The molecule has 1 heterocycles. The lowest BCUT2D eigenvalue weighted by atomic mass is 10.0. The van der Waals surface area contributed by atoms with Gasteiger partial charge in [0.1, 0.15) is 5.71 Å². The van der Waals surface area contributed by atoms with Crippen molar-refractivity contribution in [3.63, 3.8) is 0 Å². The number of hydrogen-bond donors (Lipinski definition) is 1. The highest BCUT2D eigenvalue weighted by atomic mass is 19.3. The minimum absolute atomic E-state index is 0.124. The van der Waals surface area contributed by atoms with Gasteiger partial charge in [0.2, 0.25) is 0 Å². The monoisotopic (exact) mass is 299 g/mol. The number of nitrogens with one attached hydrogen (secondary N) is 1. The van der Waals surface area contributed by atoms with Crippen molar-refractivity contribution in [2.45, 2.75) is 19.4 Å². The van der Waals surface area contributed by atoms with Crippen molar-refractivity contribution in [3.8, 4) is 0 Å². The van der Waals surface area contributed by atoms with Gasteiger partial charge in [-0.3, -0.25) is 0 Å². The Balaban J connectivity index is 1.60. The van der Waals surface area contributed by atoms with Gasteiger partial charge in [-0.2, -0.15) is 10.2 Å². The second-order valence-corrected chi connectivity index (χ2v) is 5.03. The largest absolute Gasteiger partial charge is 0.381 e. The van der Waals surface area contributed by atoms with E-state index in [1.165, 1.54) is 0 Å². The van der Waals surface area contributed by atoms with E-state index in [4.69, 9.17) is 0 Å². The Bertz CT molecular complexity index is 692. The topological polar surface area (TPSA) is 36.8 Å². The fourth-order valence-electron chi connectivity index (χ4n) is 2.22. The predicted octanol–water partition coefficient (Wildman–Crippen LogP) is 4.11. The lowest BCUT2D eigenvalue weighted by Gasteiger charge is -2.07. The zero-order chi connectivity index (χ0) is 15.4. The lowest BCUT2D eigenvalue weighted by Crippen LogP contribution is -2.11. The number of anilines is 1. The molecule has 3 nitrogen and oxygen atoms in total. The first-order valence-electron chi connectivity index (χ1n) is 7.02. The molecule has 0 aliphatic carbocycles. The zero-order valence-corrected chi connectivity index (χ0v) is 11.8. The van der Waals surface area contributed by atoms with Crippen molar-refractivity contribution in [1.29, 1.82) is 0 Å². The van der Waals surface area contributed by atoms with Gasteiger partial charge < -0.3 is 5.32 Å². The average Bonchev–Trinajstić information content (AvgIpc) is 3.05. The van der Waals surface area contributed by atoms with Crippen LogP contribution in [0, 0.1) is 0 Å². The van der Waals surface area contributed by atoms with Gasteiger partial charge in [0.05, 0.1) is 5.71 Å². The summed E-state index contributed by atoms with van der Waals surface area (Å²) in [5.41, 5.74) is 3.44. The second-order valence-electron chi connectivity index (χ2n) is 5.03. The molecule has 5 heteroatoms. The van der Waals surface area contributed by atoms with Gasteiger partial charge in [-0.1, -0.05) is 42.5 Å². The maximum absolute atomic E-state index is 12.5. The van der Waals surface area contributed by atoms with Crippen molar-refractivity contribution >= 4 is 17.1 Å². The summed E-state index contributed by atoms with van der Waals surface area (Å²) in [6, 6.07) is 17.7. The highest BCUT2D eigenvalue weighted by Gasteiger charge is 2.21. The molecule has 0 unspecified atom stereocenters. The molecule has 2 aromatic carbocycles. The lowest BCUT2D eigenvalue weighted by molar-refractivity contribution is 0.224. The molecule has 0 bridgehead atoms. The maximum Gasteiger partial charge on any atom is 0.278 e. The Labute approximate surface area is 127 Å². The number of hydrogen-bond acceptors (Lipinski definition) is 3.